The van der Waals surface area contributed by atoms with Crippen LogP contribution in [0.5, 0.6) is 6.01 Å². The third-order valence-corrected chi connectivity index (χ3v) is 4.39. The number of aryl methyl sites for hydroxylation is 2. The average molecular weight is 387 g/mol. The lowest BCUT2D eigenvalue weighted by Crippen LogP contribution is -2.39. The lowest BCUT2D eigenvalue weighted by Gasteiger charge is -2.12. The number of pyridine rings is 1. The van der Waals surface area contributed by atoms with Gasteiger partial charge in [-0.1, -0.05) is 6.07 Å². The number of nitrogens with zero attached hydrogens (tertiary/aromatic N) is 5. The molecule has 9 nitrogen and oxygen atoms in total. The first-order valence-electron chi connectivity index (χ1n) is 9.22. The van der Waals surface area contributed by atoms with Gasteiger partial charge >= 0.3 is 5.69 Å². The molecule has 0 aliphatic carbocycles. The van der Waals surface area contributed by atoms with E-state index in [0.29, 0.717) is 13.0 Å². The van der Waals surface area contributed by atoms with Crippen molar-refractivity contribution in [3.63, 3.8) is 0 Å². The smallest absolute Gasteiger partial charge is 0.332 e. The molecule has 3 aromatic heterocycles. The highest BCUT2D eigenvalue weighted by Crippen LogP contribution is 2.20. The molecular weight excluding hydrogens is 362 g/mol. The molecule has 1 N–H and O–H groups in total. The molecule has 0 atom stereocenters. The van der Waals surface area contributed by atoms with Crippen molar-refractivity contribution in [2.75, 3.05) is 6.61 Å². The summed E-state index contributed by atoms with van der Waals surface area (Å²) in [6.07, 6.45) is 1.90. The summed E-state index contributed by atoms with van der Waals surface area (Å²) in [6.45, 7) is 6.00. The summed E-state index contributed by atoms with van der Waals surface area (Å²) in [4.78, 5) is 34.4. The standard InChI is InChI=1S/C19H25N5O4/c1-12(2)28-18-21-16-15(24(18)11-14-7-6-13(3)20-10-14)17(26)23(8-5-9-25)19(27)22(16)4/h6-7,10,12,25H,5,8-9,11H2,1-4H3. The van der Waals surface area contributed by atoms with Crippen LogP contribution >= 0.6 is 0 Å². The molecule has 3 rings (SSSR count). The van der Waals surface area contributed by atoms with Crippen molar-refractivity contribution in [2.45, 2.75) is 46.4 Å². The number of aliphatic hydroxyl groups is 1. The maximum atomic E-state index is 13.1. The molecule has 28 heavy (non-hydrogen) atoms. The molecule has 0 aromatic carbocycles. The average Bonchev–Trinajstić information content (AvgIpc) is 2.99. The van der Waals surface area contributed by atoms with Crippen LogP contribution in [0.4, 0.5) is 0 Å². The lowest BCUT2D eigenvalue weighted by molar-refractivity contribution is 0.214. The first-order valence-corrected chi connectivity index (χ1v) is 9.22. The highest BCUT2D eigenvalue weighted by Gasteiger charge is 2.22. The Morgan fingerprint density at radius 1 is 1.21 bits per heavy atom. The van der Waals surface area contributed by atoms with Crippen molar-refractivity contribution in [2.24, 2.45) is 7.05 Å². The zero-order chi connectivity index (χ0) is 20.4. The summed E-state index contributed by atoms with van der Waals surface area (Å²) in [5.74, 6) is 0. The van der Waals surface area contributed by atoms with Crippen molar-refractivity contribution < 1.29 is 9.84 Å². The predicted molar refractivity (Wildman–Crippen MR) is 105 cm³/mol. The number of hydrogen-bond acceptors (Lipinski definition) is 6. The van der Waals surface area contributed by atoms with Crippen LogP contribution in [-0.2, 0) is 20.1 Å². The summed E-state index contributed by atoms with van der Waals surface area (Å²) in [6, 6.07) is 4.10. The van der Waals surface area contributed by atoms with Crippen LogP contribution in [-0.4, -0.2) is 41.5 Å². The van der Waals surface area contributed by atoms with E-state index >= 15 is 0 Å². The van der Waals surface area contributed by atoms with E-state index in [1.165, 1.54) is 4.57 Å². The quantitative estimate of drug-likeness (QED) is 0.644. The van der Waals surface area contributed by atoms with Crippen molar-refractivity contribution >= 4 is 11.2 Å². The van der Waals surface area contributed by atoms with Crippen LogP contribution < -0.4 is 16.0 Å². The molecule has 0 aliphatic rings. The minimum Gasteiger partial charge on any atom is -0.462 e. The Balaban J connectivity index is 2.25. The highest BCUT2D eigenvalue weighted by molar-refractivity contribution is 5.72. The molecule has 0 radical (unpaired) electrons. The molecule has 0 fully saturated rings. The van der Waals surface area contributed by atoms with Gasteiger partial charge in [-0.05, 0) is 38.8 Å². The van der Waals surface area contributed by atoms with Gasteiger partial charge in [0.15, 0.2) is 11.2 Å². The Kier molecular flexibility index (Phi) is 5.64. The van der Waals surface area contributed by atoms with E-state index in [2.05, 4.69) is 9.97 Å². The second-order valence-corrected chi connectivity index (χ2v) is 7.00. The first kappa shape index (κ1) is 19.8. The molecule has 0 spiro atoms. The summed E-state index contributed by atoms with van der Waals surface area (Å²) in [7, 11) is 1.57. The van der Waals surface area contributed by atoms with E-state index in [1.54, 1.807) is 17.8 Å². The van der Waals surface area contributed by atoms with Gasteiger partial charge < -0.3 is 9.84 Å². The normalized spacial score (nSPS) is 11.5. The van der Waals surface area contributed by atoms with E-state index in [9.17, 15) is 9.59 Å². The van der Waals surface area contributed by atoms with Crippen LogP contribution in [0.1, 0.15) is 31.5 Å². The second kappa shape index (κ2) is 7.97. The maximum absolute atomic E-state index is 13.1. The van der Waals surface area contributed by atoms with Crippen molar-refractivity contribution in [1.29, 1.82) is 0 Å². The molecule has 0 bridgehead atoms. The largest absolute Gasteiger partial charge is 0.462 e. The van der Waals surface area contributed by atoms with Crippen molar-refractivity contribution in [3.05, 3.63) is 50.4 Å². The third kappa shape index (κ3) is 3.70. The molecule has 0 aliphatic heterocycles. The summed E-state index contributed by atoms with van der Waals surface area (Å²) < 4.78 is 9.97. The Hall–Kier alpha value is -2.94. The van der Waals surface area contributed by atoms with Gasteiger partial charge in [-0.15, -0.1) is 0 Å². The molecule has 3 aromatic rings. The minimum atomic E-state index is -0.469. The molecule has 0 saturated heterocycles. The number of aliphatic hydroxyl groups excluding tert-OH is 1. The fourth-order valence-electron chi connectivity index (χ4n) is 3.00. The van der Waals surface area contributed by atoms with Gasteiger partial charge in [0, 0.05) is 32.1 Å². The summed E-state index contributed by atoms with van der Waals surface area (Å²) in [5.41, 5.74) is 1.42. The summed E-state index contributed by atoms with van der Waals surface area (Å²) >= 11 is 0. The van der Waals surface area contributed by atoms with Gasteiger partial charge in [-0.2, -0.15) is 4.98 Å². The van der Waals surface area contributed by atoms with Crippen LogP contribution in [0.25, 0.3) is 11.2 Å². The Bertz CT molecular complexity index is 1090. The SMILES string of the molecule is Cc1ccc(Cn2c(OC(C)C)nc3c2c(=O)n(CCCO)c(=O)n3C)cn1. The number of rotatable bonds is 7. The fraction of sp³-hybridized carbons (Fsp3) is 0.474. The Morgan fingerprint density at radius 3 is 2.57 bits per heavy atom. The van der Waals surface area contributed by atoms with Crippen LogP contribution in [0, 0.1) is 6.92 Å². The predicted octanol–water partition coefficient (Wildman–Crippen LogP) is 0.818. The molecular formula is C19H25N5O4. The van der Waals surface area contributed by atoms with E-state index in [0.717, 1.165) is 15.8 Å². The van der Waals surface area contributed by atoms with Gasteiger partial charge in [0.2, 0.25) is 0 Å². The molecule has 0 saturated carbocycles. The van der Waals surface area contributed by atoms with E-state index < -0.39 is 11.2 Å². The van der Waals surface area contributed by atoms with Crippen molar-refractivity contribution in [1.82, 2.24) is 23.7 Å². The lowest BCUT2D eigenvalue weighted by atomic mass is 10.2. The minimum absolute atomic E-state index is 0.108. The monoisotopic (exact) mass is 387 g/mol. The first-order chi connectivity index (χ1) is 13.3. The zero-order valence-corrected chi connectivity index (χ0v) is 16.5. The number of imidazole rings is 1. The second-order valence-electron chi connectivity index (χ2n) is 7.00. The van der Waals surface area contributed by atoms with Crippen LogP contribution in [0.3, 0.4) is 0 Å². The highest BCUT2D eigenvalue weighted by atomic mass is 16.5. The summed E-state index contributed by atoms with van der Waals surface area (Å²) in [5, 5.41) is 9.10. The number of hydrogen-bond donors (Lipinski definition) is 1. The van der Waals surface area contributed by atoms with E-state index in [4.69, 9.17) is 9.84 Å². The Labute approximate surface area is 161 Å². The van der Waals surface area contributed by atoms with Gasteiger partial charge in [-0.25, -0.2) is 4.79 Å². The molecule has 0 amide bonds. The van der Waals surface area contributed by atoms with Crippen LogP contribution in [0.15, 0.2) is 27.9 Å². The maximum Gasteiger partial charge on any atom is 0.332 e. The third-order valence-electron chi connectivity index (χ3n) is 4.39. The molecule has 9 heteroatoms. The van der Waals surface area contributed by atoms with Gasteiger partial charge in [0.05, 0.1) is 12.6 Å². The van der Waals surface area contributed by atoms with Gasteiger partial charge in [-0.3, -0.25) is 23.5 Å². The number of aromatic nitrogens is 5. The molecule has 3 heterocycles. The molecule has 0 unspecified atom stereocenters. The van der Waals surface area contributed by atoms with Gasteiger partial charge in [0.1, 0.15) is 0 Å². The van der Waals surface area contributed by atoms with Crippen LogP contribution in [0.2, 0.25) is 0 Å². The molecule has 150 valence electrons. The van der Waals surface area contributed by atoms with Gasteiger partial charge in [0.25, 0.3) is 11.6 Å². The number of ether oxygens (including phenoxy) is 1. The van der Waals surface area contributed by atoms with Crippen molar-refractivity contribution in [3.8, 4) is 6.01 Å². The zero-order valence-electron chi connectivity index (χ0n) is 16.5. The van der Waals surface area contributed by atoms with E-state index in [1.807, 2.05) is 32.9 Å². The topological polar surface area (TPSA) is 104 Å². The fourth-order valence-corrected chi connectivity index (χ4v) is 3.00. The number of fused-ring (bicyclic) bond motifs is 1. The Morgan fingerprint density at radius 2 is 1.96 bits per heavy atom. The van der Waals surface area contributed by atoms with E-state index in [-0.39, 0.29) is 36.4 Å².